The minimum absolute atomic E-state index is 0.342. The van der Waals surface area contributed by atoms with Crippen molar-refractivity contribution in [2.75, 3.05) is 6.61 Å². The van der Waals surface area contributed by atoms with Gasteiger partial charge in [0.1, 0.15) is 12.2 Å². The van der Waals surface area contributed by atoms with Crippen LogP contribution in [0.25, 0.3) is 0 Å². The number of hydrogen-bond acceptors (Lipinski definition) is 3. The molecule has 1 rings (SSSR count). The Morgan fingerprint density at radius 1 is 1.64 bits per heavy atom. The van der Waals surface area contributed by atoms with Gasteiger partial charge in [0.25, 0.3) is 0 Å². The zero-order valence-electron chi connectivity index (χ0n) is 6.62. The van der Waals surface area contributed by atoms with E-state index in [0.717, 1.165) is 0 Å². The Kier molecular flexibility index (Phi) is 2.18. The van der Waals surface area contributed by atoms with E-state index >= 15 is 0 Å². The van der Waals surface area contributed by atoms with Gasteiger partial charge in [-0.3, -0.25) is 0 Å². The van der Waals surface area contributed by atoms with Gasteiger partial charge in [-0.15, -0.1) is 0 Å². The standard InChI is InChI=1S/C7H13FO3/c1-4-7(2,8)6(10)5(3-9)11-4/h4-6,9-10H,3H2,1-2H3/t4-,5?,6+,7-/m0/s1. The molecule has 0 radical (unpaired) electrons. The van der Waals surface area contributed by atoms with Gasteiger partial charge in [0.2, 0.25) is 0 Å². The van der Waals surface area contributed by atoms with Gasteiger partial charge >= 0.3 is 0 Å². The van der Waals surface area contributed by atoms with E-state index in [2.05, 4.69) is 0 Å². The SMILES string of the molecule is C[C@@H]1OC(CO)[C@@H](O)[C@@]1(C)F. The lowest BCUT2D eigenvalue weighted by atomic mass is 9.96. The summed E-state index contributed by atoms with van der Waals surface area (Å²) in [5, 5.41) is 17.9. The lowest BCUT2D eigenvalue weighted by molar-refractivity contribution is -0.0172. The molecule has 0 aromatic carbocycles. The molecule has 11 heavy (non-hydrogen) atoms. The molecule has 0 bridgehead atoms. The quantitative estimate of drug-likeness (QED) is 0.567. The Hall–Kier alpha value is -0.190. The summed E-state index contributed by atoms with van der Waals surface area (Å²) in [7, 11) is 0. The maximum absolute atomic E-state index is 13.3. The summed E-state index contributed by atoms with van der Waals surface area (Å²) < 4.78 is 18.3. The summed E-state index contributed by atoms with van der Waals surface area (Å²) in [5.41, 5.74) is -1.74. The van der Waals surface area contributed by atoms with E-state index in [-0.39, 0.29) is 6.61 Å². The second-order valence-corrected chi connectivity index (χ2v) is 3.10. The molecule has 2 N–H and O–H groups in total. The molecule has 1 fully saturated rings. The Labute approximate surface area is 64.8 Å². The molecular weight excluding hydrogens is 151 g/mol. The van der Waals surface area contributed by atoms with E-state index in [0.29, 0.717) is 0 Å². The molecule has 0 aliphatic carbocycles. The molecular formula is C7H13FO3. The number of aliphatic hydroxyl groups excluding tert-OH is 2. The van der Waals surface area contributed by atoms with Crippen molar-refractivity contribution in [1.29, 1.82) is 0 Å². The summed E-state index contributed by atoms with van der Waals surface area (Å²) in [4.78, 5) is 0. The van der Waals surface area contributed by atoms with Crippen LogP contribution in [-0.4, -0.2) is 40.8 Å². The number of ether oxygens (including phenoxy) is 1. The van der Waals surface area contributed by atoms with Gasteiger partial charge in [-0.1, -0.05) is 0 Å². The minimum atomic E-state index is -1.74. The number of alkyl halides is 1. The Balaban J connectivity index is 2.71. The first-order valence-corrected chi connectivity index (χ1v) is 3.63. The highest BCUT2D eigenvalue weighted by Crippen LogP contribution is 2.33. The number of rotatable bonds is 1. The van der Waals surface area contributed by atoms with E-state index in [9.17, 15) is 9.50 Å². The van der Waals surface area contributed by atoms with E-state index in [1.807, 2.05) is 0 Å². The van der Waals surface area contributed by atoms with Crippen LogP contribution < -0.4 is 0 Å². The van der Waals surface area contributed by atoms with Crippen molar-refractivity contribution in [3.05, 3.63) is 0 Å². The van der Waals surface area contributed by atoms with Gasteiger partial charge in [0.15, 0.2) is 5.67 Å². The average Bonchev–Trinajstić information content (AvgIpc) is 2.14. The van der Waals surface area contributed by atoms with Crippen molar-refractivity contribution in [1.82, 2.24) is 0 Å². The summed E-state index contributed by atoms with van der Waals surface area (Å²) in [6.45, 7) is 2.47. The highest BCUT2D eigenvalue weighted by molar-refractivity contribution is 4.98. The summed E-state index contributed by atoms with van der Waals surface area (Å²) in [6, 6.07) is 0. The predicted molar refractivity (Wildman–Crippen MR) is 36.9 cm³/mol. The summed E-state index contributed by atoms with van der Waals surface area (Å²) in [5.74, 6) is 0. The second-order valence-electron chi connectivity index (χ2n) is 3.10. The van der Waals surface area contributed by atoms with Crippen LogP contribution in [0.1, 0.15) is 13.8 Å². The summed E-state index contributed by atoms with van der Waals surface area (Å²) in [6.07, 6.45) is -2.66. The molecule has 1 unspecified atom stereocenters. The third-order valence-corrected chi connectivity index (χ3v) is 2.28. The molecule has 1 aliphatic heterocycles. The molecule has 1 saturated heterocycles. The Morgan fingerprint density at radius 2 is 2.18 bits per heavy atom. The first-order valence-electron chi connectivity index (χ1n) is 3.63. The van der Waals surface area contributed by atoms with Crippen molar-refractivity contribution in [2.24, 2.45) is 0 Å². The predicted octanol–water partition coefficient (Wildman–Crippen LogP) is -0.145. The zero-order chi connectivity index (χ0) is 8.65. The van der Waals surface area contributed by atoms with Crippen LogP contribution in [0, 0.1) is 0 Å². The lowest BCUT2D eigenvalue weighted by Gasteiger charge is -2.20. The van der Waals surface area contributed by atoms with Gasteiger partial charge in [-0.05, 0) is 13.8 Å². The van der Waals surface area contributed by atoms with Crippen LogP contribution >= 0.6 is 0 Å². The fourth-order valence-corrected chi connectivity index (χ4v) is 1.22. The van der Waals surface area contributed by atoms with Crippen LogP contribution in [0.5, 0.6) is 0 Å². The maximum atomic E-state index is 13.3. The van der Waals surface area contributed by atoms with Crippen molar-refractivity contribution in [3.63, 3.8) is 0 Å². The smallest absolute Gasteiger partial charge is 0.162 e. The van der Waals surface area contributed by atoms with E-state index in [4.69, 9.17) is 9.84 Å². The lowest BCUT2D eigenvalue weighted by Crippen LogP contribution is -2.40. The van der Waals surface area contributed by atoms with Crippen molar-refractivity contribution in [2.45, 2.75) is 37.8 Å². The van der Waals surface area contributed by atoms with Gasteiger partial charge in [0.05, 0.1) is 12.7 Å². The normalized spacial score (nSPS) is 51.5. The van der Waals surface area contributed by atoms with Gasteiger partial charge in [-0.25, -0.2) is 4.39 Å². The molecule has 0 amide bonds. The number of halogens is 1. The minimum Gasteiger partial charge on any atom is -0.394 e. The average molecular weight is 164 g/mol. The first kappa shape index (κ1) is 8.90. The third kappa shape index (κ3) is 1.26. The van der Waals surface area contributed by atoms with Gasteiger partial charge < -0.3 is 14.9 Å². The monoisotopic (exact) mass is 164 g/mol. The Bertz CT molecular complexity index is 149. The van der Waals surface area contributed by atoms with E-state index in [1.54, 1.807) is 6.92 Å². The molecule has 0 spiro atoms. The van der Waals surface area contributed by atoms with Crippen molar-refractivity contribution in [3.8, 4) is 0 Å². The molecule has 0 aromatic heterocycles. The molecule has 1 heterocycles. The molecule has 1 aliphatic rings. The van der Waals surface area contributed by atoms with E-state index < -0.39 is 24.0 Å². The third-order valence-electron chi connectivity index (χ3n) is 2.28. The van der Waals surface area contributed by atoms with Crippen LogP contribution in [0.2, 0.25) is 0 Å². The maximum Gasteiger partial charge on any atom is 0.162 e. The fraction of sp³-hybridized carbons (Fsp3) is 1.00. The number of hydrogen-bond donors (Lipinski definition) is 2. The second kappa shape index (κ2) is 2.69. The van der Waals surface area contributed by atoms with Crippen LogP contribution in [0.4, 0.5) is 4.39 Å². The highest BCUT2D eigenvalue weighted by Gasteiger charge is 2.51. The largest absolute Gasteiger partial charge is 0.394 e. The van der Waals surface area contributed by atoms with Crippen molar-refractivity contribution >= 4 is 0 Å². The molecule has 3 nitrogen and oxygen atoms in total. The molecule has 0 saturated carbocycles. The van der Waals surface area contributed by atoms with Crippen molar-refractivity contribution < 1.29 is 19.3 Å². The van der Waals surface area contributed by atoms with Crippen LogP contribution in [0.15, 0.2) is 0 Å². The topological polar surface area (TPSA) is 49.7 Å². The van der Waals surface area contributed by atoms with E-state index in [1.165, 1.54) is 6.92 Å². The molecule has 4 heteroatoms. The first-order chi connectivity index (χ1) is 5.00. The van der Waals surface area contributed by atoms with Gasteiger partial charge in [0, 0.05) is 0 Å². The molecule has 4 atom stereocenters. The summed E-state index contributed by atoms with van der Waals surface area (Å²) >= 11 is 0. The Morgan fingerprint density at radius 3 is 2.36 bits per heavy atom. The molecule has 66 valence electrons. The van der Waals surface area contributed by atoms with Crippen LogP contribution in [-0.2, 0) is 4.74 Å². The van der Waals surface area contributed by atoms with Gasteiger partial charge in [-0.2, -0.15) is 0 Å². The molecule has 0 aromatic rings. The number of aliphatic hydroxyl groups is 2. The highest BCUT2D eigenvalue weighted by atomic mass is 19.1. The fourth-order valence-electron chi connectivity index (χ4n) is 1.22. The zero-order valence-corrected chi connectivity index (χ0v) is 6.62. The van der Waals surface area contributed by atoms with Crippen LogP contribution in [0.3, 0.4) is 0 Å².